The summed E-state index contributed by atoms with van der Waals surface area (Å²) in [6, 6.07) is 0.156. The highest BCUT2D eigenvalue weighted by Gasteiger charge is 2.48. The van der Waals surface area contributed by atoms with E-state index in [1.54, 1.807) is 18.9 Å². The summed E-state index contributed by atoms with van der Waals surface area (Å²) in [6.45, 7) is 5.42. The number of nitrogens with one attached hydrogen (secondary N) is 5. The molecular formula is C23H39Cl2N7O3S. The quantitative estimate of drug-likeness (QED) is 0.224. The number of hydrogen-bond donors (Lipinski definition) is 5. The molecule has 204 valence electrons. The van der Waals surface area contributed by atoms with E-state index in [0.29, 0.717) is 38.8 Å². The Labute approximate surface area is 227 Å². The van der Waals surface area contributed by atoms with Crippen LogP contribution in [0.2, 0.25) is 0 Å². The first-order chi connectivity index (χ1) is 17.2. The summed E-state index contributed by atoms with van der Waals surface area (Å²) in [6.07, 6.45) is 1.76. The van der Waals surface area contributed by atoms with Gasteiger partial charge in [0.05, 0.1) is 22.9 Å². The number of piperidine rings is 2. The number of alkyl halides is 2. The molecule has 5 rings (SSSR count). The number of hydrogen-bond acceptors (Lipinski definition) is 9. The molecule has 5 fully saturated rings. The lowest BCUT2D eigenvalue weighted by Gasteiger charge is -2.45. The number of fused-ring (bicyclic) bond motifs is 1. The molecule has 5 aliphatic rings. The van der Waals surface area contributed by atoms with Gasteiger partial charge in [0.1, 0.15) is 11.5 Å². The molecule has 5 N–H and O–H groups in total. The van der Waals surface area contributed by atoms with Gasteiger partial charge in [-0.3, -0.25) is 25.6 Å². The zero-order valence-corrected chi connectivity index (χ0v) is 23.4. The van der Waals surface area contributed by atoms with Crippen LogP contribution in [-0.2, 0) is 14.3 Å². The number of rotatable bonds is 5. The molecule has 0 aromatic carbocycles. The van der Waals surface area contributed by atoms with E-state index in [0.717, 1.165) is 12.8 Å². The number of nitrogens with zero attached hydrogens (tertiary/aromatic N) is 2. The third kappa shape index (κ3) is 5.51. The molecule has 10 nitrogen and oxygen atoms in total. The molecule has 0 aromatic rings. The molecule has 2 amide bonds. The predicted molar refractivity (Wildman–Crippen MR) is 142 cm³/mol. The van der Waals surface area contributed by atoms with Gasteiger partial charge in [-0.1, -0.05) is 0 Å². The summed E-state index contributed by atoms with van der Waals surface area (Å²) in [5.74, 6) is 0.431. The fraction of sp³-hybridized carbons (Fsp3) is 0.913. The van der Waals surface area contributed by atoms with E-state index in [9.17, 15) is 9.59 Å². The van der Waals surface area contributed by atoms with E-state index in [1.807, 2.05) is 17.0 Å². The first kappa shape index (κ1) is 27.2. The van der Waals surface area contributed by atoms with Crippen LogP contribution in [0.3, 0.4) is 0 Å². The number of halogens is 2. The van der Waals surface area contributed by atoms with Crippen LogP contribution in [-0.4, -0.2) is 114 Å². The van der Waals surface area contributed by atoms with Gasteiger partial charge in [-0.05, 0) is 31.6 Å². The van der Waals surface area contributed by atoms with Crippen LogP contribution < -0.4 is 26.7 Å². The lowest BCUT2D eigenvalue weighted by Crippen LogP contribution is -2.57. The van der Waals surface area contributed by atoms with Gasteiger partial charge in [0.25, 0.3) is 0 Å². The summed E-state index contributed by atoms with van der Waals surface area (Å²) in [5.41, 5.74) is 2.88. The van der Waals surface area contributed by atoms with Gasteiger partial charge in [-0.15, -0.1) is 35.0 Å². The van der Waals surface area contributed by atoms with Gasteiger partial charge in [0, 0.05) is 64.2 Å². The van der Waals surface area contributed by atoms with Crippen molar-refractivity contribution >= 4 is 46.8 Å². The standard InChI is InChI=1S/C23H39Cl2N7O3S/c1-11-4-12(13-5-19(25)27-8-17(13)35-3)14(6-26-11)21(33)30-23-29-16-9-32(10-18(16)36-23)22(34)20-15(24)7-28-31(20)2/h11-20,23,26-29H,4-10H2,1-3H3,(H,30,33). The van der Waals surface area contributed by atoms with E-state index < -0.39 is 0 Å². The number of carbonyl (C=O) groups excluding carboxylic acids is 2. The SMILES string of the molecule is COC1CNC(Cl)CC1C1CC(C)NCC1C(=O)NC1NC2CN(C(=O)C3C(Cl)CNN3C)CC2S1. The summed E-state index contributed by atoms with van der Waals surface area (Å²) in [4.78, 5) is 28.5. The van der Waals surface area contributed by atoms with Crippen LogP contribution in [0.15, 0.2) is 0 Å². The normalized spacial score (nSPS) is 45.6. The molecule has 13 heteroatoms. The third-order valence-corrected chi connectivity index (χ3v) is 10.7. The molecule has 5 aliphatic heterocycles. The molecule has 0 aromatic heterocycles. The van der Waals surface area contributed by atoms with E-state index in [-0.39, 0.29) is 69.4 Å². The molecule has 0 saturated carbocycles. The zero-order valence-electron chi connectivity index (χ0n) is 21.1. The topological polar surface area (TPSA) is 110 Å². The monoisotopic (exact) mass is 563 g/mol. The minimum atomic E-state index is -0.345. The van der Waals surface area contributed by atoms with Crippen molar-refractivity contribution in [2.24, 2.45) is 17.8 Å². The highest BCUT2D eigenvalue weighted by molar-refractivity contribution is 8.00. The number of carbonyl (C=O) groups is 2. The molecule has 0 spiro atoms. The molecule has 11 atom stereocenters. The summed E-state index contributed by atoms with van der Waals surface area (Å²) in [5, 5.41) is 15.4. The molecular weight excluding hydrogens is 525 g/mol. The van der Waals surface area contributed by atoms with Crippen LogP contribution >= 0.6 is 35.0 Å². The van der Waals surface area contributed by atoms with Crippen molar-refractivity contribution in [1.82, 2.24) is 36.6 Å². The second-order valence-electron chi connectivity index (χ2n) is 10.9. The number of likely N-dealkylation sites (N-methyl/N-ethyl adjacent to an activating group) is 1. The van der Waals surface area contributed by atoms with E-state index in [1.165, 1.54) is 0 Å². The predicted octanol–water partition coefficient (Wildman–Crippen LogP) is -0.468. The second-order valence-corrected chi connectivity index (χ2v) is 13.3. The van der Waals surface area contributed by atoms with Crippen molar-refractivity contribution in [3.05, 3.63) is 0 Å². The van der Waals surface area contributed by atoms with Gasteiger partial charge in [-0.25, -0.2) is 5.01 Å². The second kappa shape index (κ2) is 11.4. The van der Waals surface area contributed by atoms with Gasteiger partial charge in [0.2, 0.25) is 11.8 Å². The van der Waals surface area contributed by atoms with Gasteiger partial charge in [-0.2, -0.15) is 0 Å². The Balaban J connectivity index is 1.17. The van der Waals surface area contributed by atoms with Crippen molar-refractivity contribution < 1.29 is 14.3 Å². The minimum absolute atomic E-state index is 0.0501. The Kier molecular flexibility index (Phi) is 8.61. The maximum Gasteiger partial charge on any atom is 0.243 e. The molecule has 0 radical (unpaired) electrons. The highest BCUT2D eigenvalue weighted by atomic mass is 35.5. The third-order valence-electron chi connectivity index (χ3n) is 8.59. The van der Waals surface area contributed by atoms with Gasteiger partial charge < -0.3 is 20.3 Å². The maximum atomic E-state index is 13.5. The smallest absolute Gasteiger partial charge is 0.243 e. The minimum Gasteiger partial charge on any atom is -0.380 e. The Bertz CT molecular complexity index is 807. The number of amides is 2. The number of likely N-dealkylation sites (tertiary alicyclic amines) is 1. The molecule has 0 aliphatic carbocycles. The van der Waals surface area contributed by atoms with Crippen molar-refractivity contribution in [1.29, 1.82) is 0 Å². The average molecular weight is 565 g/mol. The van der Waals surface area contributed by atoms with Crippen LogP contribution in [0.25, 0.3) is 0 Å². The van der Waals surface area contributed by atoms with Crippen molar-refractivity contribution in [3.63, 3.8) is 0 Å². The Morgan fingerprint density at radius 3 is 2.58 bits per heavy atom. The van der Waals surface area contributed by atoms with E-state index in [2.05, 4.69) is 33.6 Å². The molecule has 11 unspecified atom stereocenters. The van der Waals surface area contributed by atoms with Crippen molar-refractivity contribution in [2.45, 2.75) is 65.6 Å². The van der Waals surface area contributed by atoms with E-state index in [4.69, 9.17) is 27.9 Å². The maximum absolute atomic E-state index is 13.5. The average Bonchev–Trinajstić information content (AvgIpc) is 3.51. The van der Waals surface area contributed by atoms with E-state index >= 15 is 0 Å². The van der Waals surface area contributed by atoms with Gasteiger partial charge >= 0.3 is 0 Å². The van der Waals surface area contributed by atoms with Crippen LogP contribution in [0, 0.1) is 17.8 Å². The van der Waals surface area contributed by atoms with Gasteiger partial charge in [0.15, 0.2) is 0 Å². The van der Waals surface area contributed by atoms with Crippen LogP contribution in [0.1, 0.15) is 19.8 Å². The van der Waals surface area contributed by atoms with Crippen LogP contribution in [0.4, 0.5) is 0 Å². The largest absolute Gasteiger partial charge is 0.380 e. The molecule has 5 heterocycles. The zero-order chi connectivity index (χ0) is 25.6. The summed E-state index contributed by atoms with van der Waals surface area (Å²) in [7, 11) is 3.61. The number of hydrazine groups is 1. The first-order valence-corrected chi connectivity index (χ1v) is 14.8. The first-order valence-electron chi connectivity index (χ1n) is 13.0. The number of ether oxygens (including phenoxy) is 1. The number of thioether (sulfide) groups is 1. The Morgan fingerprint density at radius 2 is 1.89 bits per heavy atom. The lowest BCUT2D eigenvalue weighted by atomic mass is 9.70. The highest BCUT2D eigenvalue weighted by Crippen LogP contribution is 2.38. The molecule has 5 saturated heterocycles. The fourth-order valence-corrected chi connectivity index (χ4v) is 8.69. The van der Waals surface area contributed by atoms with Crippen molar-refractivity contribution in [3.8, 4) is 0 Å². The summed E-state index contributed by atoms with van der Waals surface area (Å²) >= 11 is 14.5. The van der Waals surface area contributed by atoms with Crippen molar-refractivity contribution in [2.75, 3.05) is 46.9 Å². The molecule has 0 bridgehead atoms. The van der Waals surface area contributed by atoms with Crippen LogP contribution in [0.5, 0.6) is 0 Å². The number of methoxy groups -OCH3 is 1. The lowest BCUT2D eigenvalue weighted by molar-refractivity contribution is -0.135. The Morgan fingerprint density at radius 1 is 1.08 bits per heavy atom. The molecule has 36 heavy (non-hydrogen) atoms. The summed E-state index contributed by atoms with van der Waals surface area (Å²) < 4.78 is 5.79. The Hall–Kier alpha value is -0.370. The fourth-order valence-electron chi connectivity index (χ4n) is 6.64.